The molecular formula is C20H28N2O2. The van der Waals surface area contributed by atoms with Crippen molar-refractivity contribution < 1.29 is 9.53 Å². The number of rotatable bonds is 6. The molecular weight excluding hydrogens is 300 g/mol. The minimum atomic E-state index is -0.372. The molecule has 2 aromatic rings. The summed E-state index contributed by atoms with van der Waals surface area (Å²) in [5.74, 6) is 0.887. The molecule has 0 radical (unpaired) electrons. The standard InChI is InChI=1S/C20H28N2O2/c1-7-17-19(15-8-10-16(24-6)11-9-15)18(20(21)23)14(5)22(17)13(4)12(2)3/h8-13H,7H2,1-6H3,(H2,21,23). The second kappa shape index (κ2) is 7.12. The number of carbonyl (C=O) groups is 1. The first kappa shape index (κ1) is 18.1. The maximum atomic E-state index is 12.2. The van der Waals surface area contributed by atoms with Gasteiger partial charge in [-0.05, 0) is 43.9 Å². The second-order valence-corrected chi connectivity index (χ2v) is 6.58. The number of hydrogen-bond acceptors (Lipinski definition) is 2. The van der Waals surface area contributed by atoms with E-state index in [-0.39, 0.29) is 5.91 Å². The van der Waals surface area contributed by atoms with E-state index in [1.54, 1.807) is 7.11 Å². The minimum Gasteiger partial charge on any atom is -0.497 e. The Hall–Kier alpha value is -2.23. The molecule has 1 unspecified atom stereocenters. The second-order valence-electron chi connectivity index (χ2n) is 6.58. The van der Waals surface area contributed by atoms with Crippen molar-refractivity contribution in [2.45, 2.75) is 47.1 Å². The number of ether oxygens (including phenoxy) is 1. The van der Waals surface area contributed by atoms with Gasteiger partial charge in [-0.15, -0.1) is 0 Å². The Morgan fingerprint density at radius 2 is 1.79 bits per heavy atom. The van der Waals surface area contributed by atoms with E-state index in [0.717, 1.165) is 34.7 Å². The Kier molecular flexibility index (Phi) is 5.37. The molecule has 4 heteroatoms. The number of nitrogens with two attached hydrogens (primary N) is 1. The molecule has 24 heavy (non-hydrogen) atoms. The lowest BCUT2D eigenvalue weighted by molar-refractivity contribution is 0.1000. The van der Waals surface area contributed by atoms with Gasteiger partial charge in [0.1, 0.15) is 5.75 Å². The van der Waals surface area contributed by atoms with Crippen molar-refractivity contribution in [3.63, 3.8) is 0 Å². The van der Waals surface area contributed by atoms with Gasteiger partial charge in [-0.3, -0.25) is 4.79 Å². The van der Waals surface area contributed by atoms with E-state index < -0.39 is 0 Å². The molecule has 0 saturated carbocycles. The summed E-state index contributed by atoms with van der Waals surface area (Å²) in [6, 6.07) is 8.11. The summed E-state index contributed by atoms with van der Waals surface area (Å²) >= 11 is 0. The monoisotopic (exact) mass is 328 g/mol. The van der Waals surface area contributed by atoms with Gasteiger partial charge < -0.3 is 15.0 Å². The lowest BCUT2D eigenvalue weighted by Gasteiger charge is -2.23. The Morgan fingerprint density at radius 1 is 1.21 bits per heavy atom. The molecule has 1 heterocycles. The zero-order valence-corrected chi connectivity index (χ0v) is 15.5. The minimum absolute atomic E-state index is 0.296. The van der Waals surface area contributed by atoms with Crippen LogP contribution >= 0.6 is 0 Å². The Morgan fingerprint density at radius 3 is 2.21 bits per heavy atom. The number of amides is 1. The Balaban J connectivity index is 2.77. The van der Waals surface area contributed by atoms with Crippen molar-refractivity contribution in [2.75, 3.05) is 7.11 Å². The lowest BCUT2D eigenvalue weighted by atomic mass is 9.98. The summed E-state index contributed by atoms with van der Waals surface area (Å²) in [6.45, 7) is 10.7. The van der Waals surface area contributed by atoms with E-state index in [1.807, 2.05) is 31.2 Å². The SMILES string of the molecule is CCc1c(-c2ccc(OC)cc2)c(C(N)=O)c(C)n1C(C)C(C)C. The zero-order valence-electron chi connectivity index (χ0n) is 15.5. The van der Waals surface area contributed by atoms with E-state index in [9.17, 15) is 4.79 Å². The molecule has 0 spiro atoms. The van der Waals surface area contributed by atoms with Gasteiger partial charge >= 0.3 is 0 Å². The summed E-state index contributed by atoms with van der Waals surface area (Å²) in [5, 5.41) is 0. The normalized spacial score (nSPS) is 12.5. The van der Waals surface area contributed by atoms with Crippen molar-refractivity contribution in [1.29, 1.82) is 0 Å². The zero-order chi connectivity index (χ0) is 18.0. The number of methoxy groups -OCH3 is 1. The summed E-state index contributed by atoms with van der Waals surface area (Å²) < 4.78 is 7.52. The van der Waals surface area contributed by atoms with Gasteiger partial charge in [0.25, 0.3) is 5.91 Å². The van der Waals surface area contributed by atoms with Crippen LogP contribution in [0, 0.1) is 12.8 Å². The van der Waals surface area contributed by atoms with Gasteiger partial charge in [0.05, 0.1) is 12.7 Å². The number of benzene rings is 1. The highest BCUT2D eigenvalue weighted by molar-refractivity contribution is 6.02. The molecule has 1 aromatic heterocycles. The number of primary amides is 1. The van der Waals surface area contributed by atoms with Crippen LogP contribution < -0.4 is 10.5 Å². The third-order valence-electron chi connectivity index (χ3n) is 4.88. The van der Waals surface area contributed by atoms with E-state index in [2.05, 4.69) is 32.3 Å². The highest BCUT2D eigenvalue weighted by Crippen LogP contribution is 2.37. The van der Waals surface area contributed by atoms with Crippen LogP contribution in [0.25, 0.3) is 11.1 Å². The highest BCUT2D eigenvalue weighted by atomic mass is 16.5. The molecule has 0 bridgehead atoms. The van der Waals surface area contributed by atoms with E-state index in [0.29, 0.717) is 17.5 Å². The van der Waals surface area contributed by atoms with Crippen LogP contribution in [0.4, 0.5) is 0 Å². The largest absolute Gasteiger partial charge is 0.497 e. The van der Waals surface area contributed by atoms with Crippen LogP contribution in [-0.4, -0.2) is 17.6 Å². The van der Waals surface area contributed by atoms with Gasteiger partial charge in [-0.1, -0.05) is 32.9 Å². The van der Waals surface area contributed by atoms with Gasteiger partial charge in [-0.25, -0.2) is 0 Å². The van der Waals surface area contributed by atoms with Gasteiger partial charge in [-0.2, -0.15) is 0 Å². The lowest BCUT2D eigenvalue weighted by Crippen LogP contribution is -2.17. The van der Waals surface area contributed by atoms with Crippen LogP contribution in [0.1, 0.15) is 55.5 Å². The van der Waals surface area contributed by atoms with Crippen molar-refractivity contribution in [1.82, 2.24) is 4.57 Å². The Labute approximate surface area is 144 Å². The van der Waals surface area contributed by atoms with E-state index >= 15 is 0 Å². The van der Waals surface area contributed by atoms with Gasteiger partial charge in [0.15, 0.2) is 0 Å². The maximum Gasteiger partial charge on any atom is 0.251 e. The summed E-state index contributed by atoms with van der Waals surface area (Å²) in [7, 11) is 1.65. The molecule has 0 aliphatic rings. The maximum absolute atomic E-state index is 12.2. The number of carbonyl (C=O) groups excluding carboxylic acids is 1. The van der Waals surface area contributed by atoms with Crippen LogP contribution in [0.5, 0.6) is 5.75 Å². The van der Waals surface area contributed by atoms with Crippen LogP contribution in [-0.2, 0) is 6.42 Å². The molecule has 0 saturated heterocycles. The number of hydrogen-bond donors (Lipinski definition) is 1. The number of nitrogens with zero attached hydrogens (tertiary/aromatic N) is 1. The van der Waals surface area contributed by atoms with E-state index in [4.69, 9.17) is 10.5 Å². The molecule has 0 fully saturated rings. The fraction of sp³-hybridized carbons (Fsp3) is 0.450. The van der Waals surface area contributed by atoms with Crippen molar-refractivity contribution in [3.05, 3.63) is 41.2 Å². The summed E-state index contributed by atoms with van der Waals surface area (Å²) in [6.07, 6.45) is 0.840. The van der Waals surface area contributed by atoms with Crippen molar-refractivity contribution in [3.8, 4) is 16.9 Å². The predicted molar refractivity (Wildman–Crippen MR) is 98.6 cm³/mol. The molecule has 0 aliphatic carbocycles. The van der Waals surface area contributed by atoms with Crippen LogP contribution in [0.3, 0.4) is 0 Å². The number of aromatic nitrogens is 1. The fourth-order valence-electron chi connectivity index (χ4n) is 3.34. The van der Waals surface area contributed by atoms with E-state index in [1.165, 1.54) is 0 Å². The molecule has 1 amide bonds. The third-order valence-corrected chi connectivity index (χ3v) is 4.88. The molecule has 2 N–H and O–H groups in total. The average molecular weight is 328 g/mol. The molecule has 130 valence electrons. The Bertz CT molecular complexity index is 727. The summed E-state index contributed by atoms with van der Waals surface area (Å²) in [4.78, 5) is 12.2. The van der Waals surface area contributed by atoms with Crippen LogP contribution in [0.2, 0.25) is 0 Å². The van der Waals surface area contributed by atoms with Gasteiger partial charge in [0, 0.05) is 23.0 Å². The quantitative estimate of drug-likeness (QED) is 0.857. The highest BCUT2D eigenvalue weighted by Gasteiger charge is 2.26. The molecule has 2 rings (SSSR count). The molecule has 0 aliphatic heterocycles. The summed E-state index contributed by atoms with van der Waals surface area (Å²) in [5.41, 5.74) is 10.4. The average Bonchev–Trinajstić information content (AvgIpc) is 2.86. The smallest absolute Gasteiger partial charge is 0.251 e. The first-order valence-corrected chi connectivity index (χ1v) is 8.51. The first-order chi connectivity index (χ1) is 11.3. The molecule has 1 aromatic carbocycles. The van der Waals surface area contributed by atoms with Crippen LogP contribution in [0.15, 0.2) is 24.3 Å². The predicted octanol–water partition coefficient (Wildman–Crippen LogP) is 4.35. The first-order valence-electron chi connectivity index (χ1n) is 8.51. The fourth-order valence-corrected chi connectivity index (χ4v) is 3.34. The molecule has 4 nitrogen and oxygen atoms in total. The van der Waals surface area contributed by atoms with Gasteiger partial charge in [0.2, 0.25) is 0 Å². The third kappa shape index (κ3) is 3.05. The molecule has 1 atom stereocenters. The topological polar surface area (TPSA) is 57.2 Å². The van der Waals surface area contributed by atoms with Crippen molar-refractivity contribution in [2.24, 2.45) is 11.7 Å². The van der Waals surface area contributed by atoms with Crippen molar-refractivity contribution >= 4 is 5.91 Å².